The number of methoxy groups -OCH3 is 1. The molecule has 0 atom stereocenters. The molecule has 0 bridgehead atoms. The molecule has 0 unspecified atom stereocenters. The summed E-state index contributed by atoms with van der Waals surface area (Å²) in [7, 11) is 1.58. The minimum Gasteiger partial charge on any atom is -0.496 e. The molecule has 0 aliphatic carbocycles. The van der Waals surface area contributed by atoms with E-state index in [1.807, 2.05) is 36.4 Å². The van der Waals surface area contributed by atoms with Gasteiger partial charge in [-0.05, 0) is 42.3 Å². The average Bonchev–Trinajstić information content (AvgIpc) is 2.88. The molecule has 1 aromatic heterocycles. The van der Waals surface area contributed by atoms with E-state index in [4.69, 9.17) is 16.3 Å². The average molecular weight is 492 g/mol. The first-order valence-corrected chi connectivity index (χ1v) is 11.7. The van der Waals surface area contributed by atoms with Gasteiger partial charge in [-0.2, -0.15) is 0 Å². The maximum Gasteiger partial charge on any atom is 0.331 e. The fourth-order valence-electron chi connectivity index (χ4n) is 4.02. The molecule has 4 rings (SSSR count). The van der Waals surface area contributed by atoms with E-state index in [0.29, 0.717) is 41.2 Å². The molecule has 4 aromatic rings. The van der Waals surface area contributed by atoms with E-state index in [2.05, 4.69) is 5.32 Å². The van der Waals surface area contributed by atoms with Gasteiger partial charge in [-0.15, -0.1) is 0 Å². The van der Waals surface area contributed by atoms with E-state index in [1.54, 1.807) is 48.1 Å². The second-order valence-corrected chi connectivity index (χ2v) is 8.60. The molecule has 35 heavy (non-hydrogen) atoms. The van der Waals surface area contributed by atoms with Crippen LogP contribution < -0.4 is 21.3 Å². The Bertz CT molecular complexity index is 1460. The van der Waals surface area contributed by atoms with Crippen molar-refractivity contribution in [1.29, 1.82) is 0 Å². The van der Waals surface area contributed by atoms with Crippen LogP contribution in [0.4, 0.5) is 0 Å². The molecule has 1 heterocycles. The lowest BCUT2D eigenvalue weighted by atomic mass is 10.2. The first kappa shape index (κ1) is 24.3. The molecule has 0 aliphatic heterocycles. The summed E-state index contributed by atoms with van der Waals surface area (Å²) in [5.41, 5.74) is 1.58. The molecule has 7 nitrogen and oxygen atoms in total. The van der Waals surface area contributed by atoms with Gasteiger partial charge >= 0.3 is 5.69 Å². The van der Waals surface area contributed by atoms with Gasteiger partial charge in [0, 0.05) is 30.1 Å². The van der Waals surface area contributed by atoms with E-state index < -0.39 is 5.69 Å². The van der Waals surface area contributed by atoms with Crippen molar-refractivity contribution in [2.45, 2.75) is 32.5 Å². The molecule has 3 aromatic carbocycles. The molecule has 0 spiro atoms. The van der Waals surface area contributed by atoms with Crippen LogP contribution in [-0.4, -0.2) is 22.2 Å². The summed E-state index contributed by atoms with van der Waals surface area (Å²) in [6.07, 6.45) is 0.539. The number of aromatic nitrogens is 2. The van der Waals surface area contributed by atoms with Gasteiger partial charge in [0.2, 0.25) is 5.91 Å². The zero-order chi connectivity index (χ0) is 24.8. The van der Waals surface area contributed by atoms with Crippen LogP contribution in [-0.2, 0) is 24.4 Å². The maximum absolute atomic E-state index is 13.3. The number of para-hydroxylation sites is 2. The third-order valence-corrected chi connectivity index (χ3v) is 6.09. The molecule has 0 radical (unpaired) electrons. The SMILES string of the molecule is COc1ccccc1CNC(=O)CCCn1c(=O)c2ccccc2n(Cc2ccc(Cl)cc2)c1=O. The lowest BCUT2D eigenvalue weighted by Crippen LogP contribution is -2.40. The highest BCUT2D eigenvalue weighted by molar-refractivity contribution is 6.30. The number of hydrogen-bond donors (Lipinski definition) is 1. The smallest absolute Gasteiger partial charge is 0.331 e. The van der Waals surface area contributed by atoms with Crippen LogP contribution in [0.5, 0.6) is 5.75 Å². The Morgan fingerprint density at radius 1 is 0.943 bits per heavy atom. The highest BCUT2D eigenvalue weighted by Gasteiger charge is 2.14. The first-order chi connectivity index (χ1) is 17.0. The lowest BCUT2D eigenvalue weighted by molar-refractivity contribution is -0.121. The van der Waals surface area contributed by atoms with Crippen molar-refractivity contribution in [2.75, 3.05) is 7.11 Å². The highest BCUT2D eigenvalue weighted by atomic mass is 35.5. The van der Waals surface area contributed by atoms with E-state index in [-0.39, 0.29) is 24.4 Å². The second-order valence-electron chi connectivity index (χ2n) is 8.16. The molecular weight excluding hydrogens is 466 g/mol. The third-order valence-electron chi connectivity index (χ3n) is 5.84. The molecule has 8 heteroatoms. The van der Waals surface area contributed by atoms with E-state index in [1.165, 1.54) is 4.57 Å². The summed E-state index contributed by atoms with van der Waals surface area (Å²) in [6, 6.07) is 21.8. The largest absolute Gasteiger partial charge is 0.496 e. The van der Waals surface area contributed by atoms with Crippen LogP contribution in [0, 0.1) is 0 Å². The number of halogens is 1. The van der Waals surface area contributed by atoms with E-state index in [0.717, 1.165) is 11.1 Å². The maximum atomic E-state index is 13.3. The topological polar surface area (TPSA) is 82.3 Å². The van der Waals surface area contributed by atoms with Crippen molar-refractivity contribution in [1.82, 2.24) is 14.5 Å². The molecular formula is C27H26ClN3O4. The van der Waals surface area contributed by atoms with Crippen molar-refractivity contribution >= 4 is 28.4 Å². The van der Waals surface area contributed by atoms with Gasteiger partial charge in [-0.3, -0.25) is 18.7 Å². The van der Waals surface area contributed by atoms with Crippen molar-refractivity contribution in [3.63, 3.8) is 0 Å². The normalized spacial score (nSPS) is 10.9. The Morgan fingerprint density at radius 2 is 1.66 bits per heavy atom. The number of rotatable bonds is 9. The molecule has 0 aliphatic rings. The molecule has 0 saturated heterocycles. The fourth-order valence-corrected chi connectivity index (χ4v) is 4.15. The zero-order valence-corrected chi connectivity index (χ0v) is 20.1. The number of carbonyl (C=O) groups is 1. The van der Waals surface area contributed by atoms with Gasteiger partial charge < -0.3 is 10.1 Å². The van der Waals surface area contributed by atoms with Gasteiger partial charge in [0.05, 0.1) is 24.6 Å². The number of amides is 1. The van der Waals surface area contributed by atoms with Gasteiger partial charge in [-0.25, -0.2) is 4.79 Å². The summed E-state index contributed by atoms with van der Waals surface area (Å²) in [6.45, 7) is 0.786. The van der Waals surface area contributed by atoms with Crippen molar-refractivity contribution in [2.24, 2.45) is 0 Å². The summed E-state index contributed by atoms with van der Waals surface area (Å²) in [4.78, 5) is 38.8. The predicted molar refractivity (Wildman–Crippen MR) is 137 cm³/mol. The second kappa shape index (κ2) is 11.1. The Labute approximate surface area is 207 Å². The minimum absolute atomic E-state index is 0.144. The quantitative estimate of drug-likeness (QED) is 0.384. The molecule has 180 valence electrons. The number of ether oxygens (including phenoxy) is 1. The number of hydrogen-bond acceptors (Lipinski definition) is 4. The predicted octanol–water partition coefficient (Wildman–Crippen LogP) is 3.97. The van der Waals surface area contributed by atoms with Gasteiger partial charge in [0.25, 0.3) is 5.56 Å². The third kappa shape index (κ3) is 5.63. The molecule has 1 N–H and O–H groups in total. The van der Waals surface area contributed by atoms with E-state index in [9.17, 15) is 14.4 Å². The van der Waals surface area contributed by atoms with Crippen molar-refractivity contribution < 1.29 is 9.53 Å². The van der Waals surface area contributed by atoms with Crippen molar-refractivity contribution in [3.05, 3.63) is 110 Å². The van der Waals surface area contributed by atoms with Gasteiger partial charge in [0.15, 0.2) is 0 Å². The Kier molecular flexibility index (Phi) is 7.67. The van der Waals surface area contributed by atoms with Crippen LogP contribution in [0.3, 0.4) is 0 Å². The summed E-state index contributed by atoms with van der Waals surface area (Å²) >= 11 is 5.99. The fraction of sp³-hybridized carbons (Fsp3) is 0.222. The van der Waals surface area contributed by atoms with Crippen molar-refractivity contribution in [3.8, 4) is 5.75 Å². The van der Waals surface area contributed by atoms with Crippen LogP contribution in [0.15, 0.2) is 82.4 Å². The molecule has 0 saturated carbocycles. The highest BCUT2D eigenvalue weighted by Crippen LogP contribution is 2.17. The van der Waals surface area contributed by atoms with Crippen LogP contribution in [0.2, 0.25) is 5.02 Å². The Hall–Kier alpha value is -3.84. The molecule has 0 fully saturated rings. The minimum atomic E-state index is -0.405. The summed E-state index contributed by atoms with van der Waals surface area (Å²) < 4.78 is 8.10. The Balaban J connectivity index is 1.50. The van der Waals surface area contributed by atoms with Crippen LogP contribution >= 0.6 is 11.6 Å². The Morgan fingerprint density at radius 3 is 2.43 bits per heavy atom. The first-order valence-electron chi connectivity index (χ1n) is 11.3. The number of benzene rings is 3. The number of carbonyl (C=O) groups excluding carboxylic acids is 1. The zero-order valence-electron chi connectivity index (χ0n) is 19.4. The van der Waals surface area contributed by atoms with Gasteiger partial charge in [-0.1, -0.05) is 54.1 Å². The summed E-state index contributed by atoms with van der Waals surface area (Å²) in [5.74, 6) is 0.544. The number of nitrogens with one attached hydrogen (secondary N) is 1. The number of fused-ring (bicyclic) bond motifs is 1. The molecule has 1 amide bonds. The van der Waals surface area contributed by atoms with Crippen LogP contribution in [0.25, 0.3) is 10.9 Å². The summed E-state index contributed by atoms with van der Waals surface area (Å²) in [5, 5.41) is 3.94. The van der Waals surface area contributed by atoms with Crippen LogP contribution in [0.1, 0.15) is 24.0 Å². The number of nitrogens with zero attached hydrogens (tertiary/aromatic N) is 2. The monoisotopic (exact) mass is 491 g/mol. The standard InChI is InChI=1S/C27H26ClN3O4/c1-35-24-10-5-2-7-20(24)17-29-25(32)11-6-16-30-26(33)22-8-3-4-9-23(22)31(27(30)34)18-19-12-14-21(28)15-13-19/h2-5,7-10,12-15H,6,11,16-18H2,1H3,(H,29,32). The van der Waals surface area contributed by atoms with E-state index >= 15 is 0 Å². The lowest BCUT2D eigenvalue weighted by Gasteiger charge is -2.14. The van der Waals surface area contributed by atoms with Gasteiger partial charge in [0.1, 0.15) is 5.75 Å².